The van der Waals surface area contributed by atoms with E-state index in [1.807, 2.05) is 30.3 Å². The minimum atomic E-state index is 0.658. The van der Waals surface area contributed by atoms with Gasteiger partial charge in [-0.2, -0.15) is 5.26 Å². The molecule has 0 aliphatic carbocycles. The number of aromatic nitrogens is 1. The fourth-order valence-corrected chi connectivity index (χ4v) is 3.42. The number of halogens is 1. The highest BCUT2D eigenvalue weighted by atomic mass is 79.9. The Kier molecular flexibility index (Phi) is 4.92. The Hall–Kier alpha value is -2.57. The van der Waals surface area contributed by atoms with Crippen molar-refractivity contribution in [2.75, 3.05) is 0 Å². The van der Waals surface area contributed by atoms with Crippen molar-refractivity contribution in [2.24, 2.45) is 0 Å². The Balaban J connectivity index is 2.08. The van der Waals surface area contributed by atoms with Gasteiger partial charge in [-0.1, -0.05) is 45.8 Å². The molecule has 0 amide bonds. The first-order valence-electron chi connectivity index (χ1n) is 8.13. The summed E-state index contributed by atoms with van der Waals surface area (Å²) in [4.78, 5) is 0. The van der Waals surface area contributed by atoms with Crippen molar-refractivity contribution < 1.29 is 0 Å². The summed E-state index contributed by atoms with van der Waals surface area (Å²) in [5.74, 6) is 0. The lowest BCUT2D eigenvalue weighted by molar-refractivity contribution is 0.963. The molecule has 1 heterocycles. The molecule has 2 aromatic carbocycles. The molecule has 2 nitrogen and oxygen atoms in total. The molecule has 0 saturated carbocycles. The smallest absolute Gasteiger partial charge is 0.0998 e. The zero-order chi connectivity index (χ0) is 18.0. The molecule has 0 bridgehead atoms. The Labute approximate surface area is 157 Å². The van der Waals surface area contributed by atoms with Crippen molar-refractivity contribution in [3.05, 3.63) is 87.1 Å². The van der Waals surface area contributed by atoms with Crippen molar-refractivity contribution in [1.82, 2.24) is 4.57 Å². The van der Waals surface area contributed by atoms with E-state index in [1.165, 1.54) is 5.56 Å². The van der Waals surface area contributed by atoms with Crippen LogP contribution in [0.1, 0.15) is 28.1 Å². The molecule has 3 rings (SSSR count). The van der Waals surface area contributed by atoms with Crippen molar-refractivity contribution in [3.8, 4) is 11.8 Å². The van der Waals surface area contributed by atoms with Gasteiger partial charge in [0, 0.05) is 21.5 Å². The highest BCUT2D eigenvalue weighted by Crippen LogP contribution is 2.26. The average molecular weight is 391 g/mol. The number of nitriles is 1. The molecular formula is C22H19BrN2. The molecule has 0 N–H and O–H groups in total. The molecule has 124 valence electrons. The fourth-order valence-electron chi connectivity index (χ4n) is 3.02. The first-order valence-corrected chi connectivity index (χ1v) is 8.92. The van der Waals surface area contributed by atoms with Gasteiger partial charge >= 0.3 is 0 Å². The quantitative estimate of drug-likeness (QED) is 0.487. The summed E-state index contributed by atoms with van der Waals surface area (Å²) in [5.41, 5.74) is 7.30. The minimum Gasteiger partial charge on any atom is -0.318 e. The van der Waals surface area contributed by atoms with E-state index < -0.39 is 0 Å². The zero-order valence-corrected chi connectivity index (χ0v) is 16.1. The van der Waals surface area contributed by atoms with Gasteiger partial charge in [0.15, 0.2) is 0 Å². The summed E-state index contributed by atoms with van der Waals surface area (Å²) < 4.78 is 3.19. The second kappa shape index (κ2) is 7.13. The van der Waals surface area contributed by atoms with Gasteiger partial charge in [-0.05, 0) is 68.3 Å². The van der Waals surface area contributed by atoms with Gasteiger partial charge in [-0.15, -0.1) is 0 Å². The summed E-state index contributed by atoms with van der Waals surface area (Å²) in [6, 6.07) is 20.8. The Morgan fingerprint density at radius 2 is 1.76 bits per heavy atom. The SMILES string of the molecule is Cc1ccc(-n2c(C)cc(/C=C(/C#N)c3cccc(Br)c3)c2C)cc1. The summed E-state index contributed by atoms with van der Waals surface area (Å²) >= 11 is 3.47. The highest BCUT2D eigenvalue weighted by Gasteiger charge is 2.11. The van der Waals surface area contributed by atoms with Gasteiger partial charge < -0.3 is 4.57 Å². The van der Waals surface area contributed by atoms with Gasteiger partial charge in [0.1, 0.15) is 0 Å². The summed E-state index contributed by atoms with van der Waals surface area (Å²) in [6.07, 6.45) is 1.97. The molecular weight excluding hydrogens is 372 g/mol. The van der Waals surface area contributed by atoms with Crippen molar-refractivity contribution in [1.29, 1.82) is 5.26 Å². The molecule has 0 radical (unpaired) electrons. The topological polar surface area (TPSA) is 28.7 Å². The number of hydrogen-bond donors (Lipinski definition) is 0. The van der Waals surface area contributed by atoms with Crippen LogP contribution in [0.25, 0.3) is 17.3 Å². The average Bonchev–Trinajstić information content (AvgIpc) is 2.87. The number of allylic oxidation sites excluding steroid dienone is 1. The van der Waals surface area contributed by atoms with Crippen LogP contribution in [0.3, 0.4) is 0 Å². The molecule has 0 saturated heterocycles. The second-order valence-electron chi connectivity index (χ2n) is 6.18. The number of rotatable bonds is 3. The molecule has 3 aromatic rings. The Bertz CT molecular complexity index is 986. The molecule has 0 spiro atoms. The maximum atomic E-state index is 9.61. The van der Waals surface area contributed by atoms with Gasteiger partial charge in [0.25, 0.3) is 0 Å². The van der Waals surface area contributed by atoms with Gasteiger partial charge in [0.2, 0.25) is 0 Å². The first kappa shape index (κ1) is 17.3. The van der Waals surface area contributed by atoms with Crippen LogP contribution in [0.4, 0.5) is 0 Å². The third-order valence-electron chi connectivity index (χ3n) is 4.32. The van der Waals surface area contributed by atoms with Crippen LogP contribution >= 0.6 is 15.9 Å². The van der Waals surface area contributed by atoms with E-state index in [4.69, 9.17) is 0 Å². The molecule has 25 heavy (non-hydrogen) atoms. The third kappa shape index (κ3) is 3.60. The van der Waals surface area contributed by atoms with E-state index in [2.05, 4.69) is 77.7 Å². The van der Waals surface area contributed by atoms with Crippen molar-refractivity contribution in [3.63, 3.8) is 0 Å². The second-order valence-corrected chi connectivity index (χ2v) is 7.09. The molecule has 3 heteroatoms. The maximum absolute atomic E-state index is 9.61. The molecule has 0 unspecified atom stereocenters. The molecule has 0 fully saturated rings. The van der Waals surface area contributed by atoms with Crippen molar-refractivity contribution >= 4 is 27.6 Å². The van der Waals surface area contributed by atoms with Crippen LogP contribution in [0.5, 0.6) is 0 Å². The minimum absolute atomic E-state index is 0.658. The van der Waals surface area contributed by atoms with E-state index in [0.717, 1.165) is 32.7 Å². The van der Waals surface area contributed by atoms with E-state index in [-0.39, 0.29) is 0 Å². The van der Waals surface area contributed by atoms with Crippen LogP contribution < -0.4 is 0 Å². The monoisotopic (exact) mass is 390 g/mol. The molecule has 0 aliphatic heterocycles. The third-order valence-corrected chi connectivity index (χ3v) is 4.81. The largest absolute Gasteiger partial charge is 0.318 e. The summed E-state index contributed by atoms with van der Waals surface area (Å²) in [6.45, 7) is 6.27. The van der Waals surface area contributed by atoms with Gasteiger partial charge in [-0.25, -0.2) is 0 Å². The van der Waals surface area contributed by atoms with Gasteiger partial charge in [0.05, 0.1) is 11.6 Å². The van der Waals surface area contributed by atoms with Crippen LogP contribution in [0, 0.1) is 32.1 Å². The van der Waals surface area contributed by atoms with Crippen LogP contribution in [-0.2, 0) is 0 Å². The predicted molar refractivity (Wildman–Crippen MR) is 108 cm³/mol. The van der Waals surface area contributed by atoms with E-state index in [0.29, 0.717) is 5.57 Å². The predicted octanol–water partition coefficient (Wildman–Crippen LogP) is 6.23. The molecule has 0 aliphatic rings. The standard InChI is InChI=1S/C22H19BrN2/c1-15-7-9-22(10-8-15)25-16(2)11-19(17(25)3)12-20(14-24)18-5-4-6-21(23)13-18/h4-13H,1-3H3/b20-12-. The summed E-state index contributed by atoms with van der Waals surface area (Å²) in [7, 11) is 0. The fraction of sp³-hybridized carbons (Fsp3) is 0.136. The Morgan fingerprint density at radius 3 is 2.40 bits per heavy atom. The number of benzene rings is 2. The zero-order valence-electron chi connectivity index (χ0n) is 14.5. The van der Waals surface area contributed by atoms with Crippen LogP contribution in [0.2, 0.25) is 0 Å². The van der Waals surface area contributed by atoms with Crippen LogP contribution in [0.15, 0.2) is 59.1 Å². The van der Waals surface area contributed by atoms with E-state index in [1.54, 1.807) is 0 Å². The van der Waals surface area contributed by atoms with E-state index >= 15 is 0 Å². The lowest BCUT2D eigenvalue weighted by Gasteiger charge is -2.10. The summed E-state index contributed by atoms with van der Waals surface area (Å²) in [5, 5.41) is 9.61. The lowest BCUT2D eigenvalue weighted by atomic mass is 10.0. The molecule has 0 atom stereocenters. The number of aryl methyl sites for hydroxylation is 2. The molecule has 1 aromatic heterocycles. The number of hydrogen-bond acceptors (Lipinski definition) is 1. The van der Waals surface area contributed by atoms with Crippen molar-refractivity contribution in [2.45, 2.75) is 20.8 Å². The maximum Gasteiger partial charge on any atom is 0.0998 e. The van der Waals surface area contributed by atoms with E-state index in [9.17, 15) is 5.26 Å². The number of nitrogens with zero attached hydrogens (tertiary/aromatic N) is 2. The first-order chi connectivity index (χ1) is 12.0. The Morgan fingerprint density at radius 1 is 1.04 bits per heavy atom. The normalized spacial score (nSPS) is 11.4. The van der Waals surface area contributed by atoms with Gasteiger partial charge in [-0.3, -0.25) is 0 Å². The highest BCUT2D eigenvalue weighted by molar-refractivity contribution is 9.10. The van der Waals surface area contributed by atoms with Crippen LogP contribution in [-0.4, -0.2) is 4.57 Å². The lowest BCUT2D eigenvalue weighted by Crippen LogP contribution is -1.98.